The summed E-state index contributed by atoms with van der Waals surface area (Å²) in [5.41, 5.74) is 1.68. The second-order valence-electron chi connectivity index (χ2n) is 7.09. The van der Waals surface area contributed by atoms with Gasteiger partial charge in [-0.2, -0.15) is 0 Å². The molecule has 4 rings (SSSR count). The molecule has 24 heavy (non-hydrogen) atoms. The molecule has 0 N–H and O–H groups in total. The second-order valence-corrected chi connectivity index (χ2v) is 7.09. The summed E-state index contributed by atoms with van der Waals surface area (Å²) in [7, 11) is 3.75. The van der Waals surface area contributed by atoms with Crippen molar-refractivity contribution in [2.75, 3.05) is 26.8 Å². The fourth-order valence-corrected chi connectivity index (χ4v) is 4.11. The maximum atomic E-state index is 13.0. The van der Waals surface area contributed by atoms with Crippen LogP contribution in [-0.4, -0.2) is 53.9 Å². The van der Waals surface area contributed by atoms with Crippen molar-refractivity contribution in [1.82, 2.24) is 9.47 Å². The molecule has 1 aromatic heterocycles. The van der Waals surface area contributed by atoms with Crippen LogP contribution in [-0.2, 0) is 16.5 Å². The van der Waals surface area contributed by atoms with Crippen LogP contribution in [0, 0.1) is 0 Å². The van der Waals surface area contributed by atoms with Gasteiger partial charge in [-0.1, -0.05) is 0 Å². The van der Waals surface area contributed by atoms with E-state index in [1.54, 1.807) is 7.11 Å². The number of nitrogens with zero attached hydrogens (tertiary/aromatic N) is 2. The van der Waals surface area contributed by atoms with Crippen LogP contribution < -0.4 is 0 Å². The molecule has 5 nitrogen and oxygen atoms in total. The van der Waals surface area contributed by atoms with Crippen LogP contribution in [0.5, 0.6) is 0 Å². The summed E-state index contributed by atoms with van der Waals surface area (Å²) in [6.45, 7) is 2.10. The number of piperidine rings is 1. The van der Waals surface area contributed by atoms with Gasteiger partial charge in [-0.25, -0.2) is 0 Å². The Balaban J connectivity index is 1.54. The zero-order valence-electron chi connectivity index (χ0n) is 14.3. The van der Waals surface area contributed by atoms with E-state index in [0.29, 0.717) is 13.2 Å². The molecule has 0 saturated carbocycles. The summed E-state index contributed by atoms with van der Waals surface area (Å²) in [4.78, 5) is 14.9. The van der Waals surface area contributed by atoms with Gasteiger partial charge < -0.3 is 18.9 Å². The lowest BCUT2D eigenvalue weighted by Gasteiger charge is -2.39. The van der Waals surface area contributed by atoms with Crippen molar-refractivity contribution in [2.24, 2.45) is 7.05 Å². The first-order valence-electron chi connectivity index (χ1n) is 8.61. The maximum absolute atomic E-state index is 13.0. The van der Waals surface area contributed by atoms with Gasteiger partial charge in [-0.05, 0) is 37.1 Å². The highest BCUT2D eigenvalue weighted by Crippen LogP contribution is 2.36. The van der Waals surface area contributed by atoms with E-state index >= 15 is 0 Å². The zero-order valence-corrected chi connectivity index (χ0v) is 14.3. The highest BCUT2D eigenvalue weighted by molar-refractivity contribution is 5.98. The van der Waals surface area contributed by atoms with Crippen LogP contribution in [0.4, 0.5) is 0 Å². The molecule has 2 aliphatic heterocycles. The number of rotatable bonds is 2. The Bertz CT molecular complexity index is 769. The van der Waals surface area contributed by atoms with Crippen molar-refractivity contribution in [1.29, 1.82) is 0 Å². The van der Waals surface area contributed by atoms with E-state index in [4.69, 9.17) is 9.47 Å². The smallest absolute Gasteiger partial charge is 0.253 e. The third-order valence-electron chi connectivity index (χ3n) is 5.47. The first-order chi connectivity index (χ1) is 11.6. The summed E-state index contributed by atoms with van der Waals surface area (Å²) >= 11 is 0. The number of fused-ring (bicyclic) bond motifs is 1. The fraction of sp³-hybridized carbons (Fsp3) is 0.526. The molecule has 0 aliphatic carbocycles. The third kappa shape index (κ3) is 2.62. The number of aromatic nitrogens is 1. The Morgan fingerprint density at radius 2 is 2.25 bits per heavy atom. The Morgan fingerprint density at radius 3 is 3.04 bits per heavy atom. The molecular formula is C19H24N2O3. The third-order valence-corrected chi connectivity index (χ3v) is 5.47. The van der Waals surface area contributed by atoms with Gasteiger partial charge in [0, 0.05) is 49.8 Å². The second kappa shape index (κ2) is 5.90. The van der Waals surface area contributed by atoms with Crippen molar-refractivity contribution in [2.45, 2.75) is 31.0 Å². The van der Waals surface area contributed by atoms with E-state index in [1.807, 2.05) is 42.4 Å². The molecule has 2 saturated heterocycles. The highest BCUT2D eigenvalue weighted by Gasteiger charge is 2.44. The van der Waals surface area contributed by atoms with E-state index in [9.17, 15) is 4.79 Å². The number of likely N-dealkylation sites (tertiary alicyclic amines) is 1. The molecule has 1 aromatic carbocycles. The number of hydrogen-bond donors (Lipinski definition) is 0. The summed E-state index contributed by atoms with van der Waals surface area (Å²) in [5, 5.41) is 1.10. The molecule has 3 heterocycles. The lowest BCUT2D eigenvalue weighted by atomic mass is 9.89. The number of ether oxygens (including phenoxy) is 2. The van der Waals surface area contributed by atoms with Gasteiger partial charge in [0.25, 0.3) is 5.91 Å². The molecule has 5 heteroatoms. The van der Waals surface area contributed by atoms with E-state index in [-0.39, 0.29) is 17.6 Å². The zero-order chi connectivity index (χ0) is 16.7. The molecule has 0 bridgehead atoms. The lowest BCUT2D eigenvalue weighted by Crippen LogP contribution is -2.50. The van der Waals surface area contributed by atoms with Crippen molar-refractivity contribution in [3.05, 3.63) is 36.0 Å². The lowest BCUT2D eigenvalue weighted by molar-refractivity contribution is -0.0458. The Hall–Kier alpha value is -1.85. The summed E-state index contributed by atoms with van der Waals surface area (Å²) in [6, 6.07) is 7.99. The van der Waals surface area contributed by atoms with Gasteiger partial charge in [-0.3, -0.25) is 4.79 Å². The van der Waals surface area contributed by atoms with E-state index in [1.165, 1.54) is 0 Å². The Morgan fingerprint density at radius 1 is 1.38 bits per heavy atom. The largest absolute Gasteiger partial charge is 0.379 e. The maximum Gasteiger partial charge on any atom is 0.253 e. The highest BCUT2D eigenvalue weighted by atomic mass is 16.6. The van der Waals surface area contributed by atoms with Gasteiger partial charge in [-0.15, -0.1) is 0 Å². The first kappa shape index (κ1) is 15.7. The van der Waals surface area contributed by atoms with Crippen molar-refractivity contribution < 1.29 is 14.3 Å². The SMILES string of the molecule is CO[C@H]1CO[C@]2(CCCN(C(=O)c3ccc4c(ccn4C)c3)C2)C1. The predicted molar refractivity (Wildman–Crippen MR) is 92.2 cm³/mol. The van der Waals surface area contributed by atoms with E-state index < -0.39 is 0 Å². The Kier molecular flexibility index (Phi) is 3.85. The molecule has 0 unspecified atom stereocenters. The van der Waals surface area contributed by atoms with Crippen LogP contribution in [0.2, 0.25) is 0 Å². The first-order valence-corrected chi connectivity index (χ1v) is 8.61. The van der Waals surface area contributed by atoms with E-state index in [0.717, 1.165) is 42.3 Å². The number of carbonyl (C=O) groups excluding carboxylic acids is 1. The van der Waals surface area contributed by atoms with Gasteiger partial charge in [0.15, 0.2) is 0 Å². The quantitative estimate of drug-likeness (QED) is 0.851. The number of methoxy groups -OCH3 is 1. The van der Waals surface area contributed by atoms with Gasteiger partial charge >= 0.3 is 0 Å². The van der Waals surface area contributed by atoms with Gasteiger partial charge in [0.1, 0.15) is 0 Å². The topological polar surface area (TPSA) is 43.7 Å². The van der Waals surface area contributed by atoms with E-state index in [2.05, 4.69) is 4.57 Å². The summed E-state index contributed by atoms with van der Waals surface area (Å²) in [5.74, 6) is 0.101. The molecule has 1 amide bonds. The average molecular weight is 328 g/mol. The fourth-order valence-electron chi connectivity index (χ4n) is 4.11. The van der Waals surface area contributed by atoms with Crippen molar-refractivity contribution in [3.63, 3.8) is 0 Å². The summed E-state index contributed by atoms with van der Waals surface area (Å²) < 4.78 is 13.6. The van der Waals surface area contributed by atoms with Gasteiger partial charge in [0.05, 0.1) is 24.9 Å². The predicted octanol–water partition coefficient (Wildman–Crippen LogP) is 2.59. The minimum absolute atomic E-state index is 0.101. The monoisotopic (exact) mass is 328 g/mol. The number of benzene rings is 1. The van der Waals surface area contributed by atoms with Gasteiger partial charge in [0.2, 0.25) is 0 Å². The van der Waals surface area contributed by atoms with Crippen molar-refractivity contribution >= 4 is 16.8 Å². The van der Waals surface area contributed by atoms with Crippen LogP contribution >= 0.6 is 0 Å². The minimum Gasteiger partial charge on any atom is -0.379 e. The molecule has 2 fully saturated rings. The van der Waals surface area contributed by atoms with Crippen LogP contribution in [0.3, 0.4) is 0 Å². The Labute approximate surface area is 142 Å². The molecule has 128 valence electrons. The average Bonchev–Trinajstić information content (AvgIpc) is 3.18. The molecular weight excluding hydrogens is 304 g/mol. The summed E-state index contributed by atoms with van der Waals surface area (Å²) in [6.07, 6.45) is 5.04. The number of carbonyl (C=O) groups is 1. The number of hydrogen-bond acceptors (Lipinski definition) is 3. The van der Waals surface area contributed by atoms with Crippen molar-refractivity contribution in [3.8, 4) is 0 Å². The molecule has 2 atom stereocenters. The van der Waals surface area contributed by atoms with Crippen LogP contribution in [0.1, 0.15) is 29.6 Å². The number of amides is 1. The van der Waals surface area contributed by atoms with Crippen LogP contribution in [0.15, 0.2) is 30.5 Å². The number of aryl methyl sites for hydroxylation is 1. The molecule has 2 aliphatic rings. The van der Waals surface area contributed by atoms with Crippen LogP contribution in [0.25, 0.3) is 10.9 Å². The molecule has 2 aromatic rings. The molecule has 1 spiro atoms. The minimum atomic E-state index is -0.217. The molecule has 0 radical (unpaired) electrons. The normalized spacial score (nSPS) is 27.2. The standard InChI is InChI=1S/C19H24N2O3/c1-20-9-6-14-10-15(4-5-17(14)20)18(22)21-8-3-7-19(13-21)11-16(23-2)12-24-19/h4-6,9-10,16H,3,7-8,11-13H2,1-2H3/t16-,19-/m1/s1.